The molecule has 2 aliphatic heterocycles. The summed E-state index contributed by atoms with van der Waals surface area (Å²) in [6, 6.07) is 30.7. The molecule has 2 aliphatic rings. The summed E-state index contributed by atoms with van der Waals surface area (Å²) < 4.78 is 26.7. The van der Waals surface area contributed by atoms with E-state index in [-0.39, 0.29) is 23.3 Å². The van der Waals surface area contributed by atoms with Gasteiger partial charge in [0, 0.05) is 11.1 Å². The van der Waals surface area contributed by atoms with Gasteiger partial charge in [-0.25, -0.2) is 0 Å². The minimum Gasteiger partial charge on any atom is -0.368 e. The molecule has 3 aromatic carbocycles. The van der Waals surface area contributed by atoms with Crippen molar-refractivity contribution < 1.29 is 23.8 Å². The molecule has 5 rings (SSSR count). The van der Waals surface area contributed by atoms with E-state index in [2.05, 4.69) is 69.2 Å². The Labute approximate surface area is 251 Å². The van der Waals surface area contributed by atoms with Crippen LogP contribution in [-0.4, -0.2) is 46.8 Å². The second-order valence-corrected chi connectivity index (χ2v) is 12.9. The van der Waals surface area contributed by atoms with Gasteiger partial charge in [-0.3, -0.25) is 4.84 Å². The van der Waals surface area contributed by atoms with Gasteiger partial charge in [-0.15, -0.1) is 0 Å². The highest BCUT2D eigenvalue weighted by molar-refractivity contribution is 5.15. The molecule has 0 N–H and O–H groups in total. The largest absolute Gasteiger partial charge is 0.368 e. The quantitative estimate of drug-likeness (QED) is 0.237. The Morgan fingerprint density at radius 2 is 1.02 bits per heavy atom. The lowest BCUT2D eigenvalue weighted by molar-refractivity contribution is -0.408. The Morgan fingerprint density at radius 1 is 0.619 bits per heavy atom. The van der Waals surface area contributed by atoms with Gasteiger partial charge < -0.3 is 18.9 Å². The van der Waals surface area contributed by atoms with Crippen molar-refractivity contribution in [2.24, 2.45) is 0 Å². The molecule has 6 nitrogen and oxygen atoms in total. The summed E-state index contributed by atoms with van der Waals surface area (Å²) in [6.45, 7) is 12.3. The van der Waals surface area contributed by atoms with Crippen molar-refractivity contribution in [2.75, 3.05) is 0 Å². The van der Waals surface area contributed by atoms with E-state index in [1.807, 2.05) is 61.5 Å². The van der Waals surface area contributed by atoms with Gasteiger partial charge in [0.2, 0.25) is 6.29 Å². The third-order valence-corrected chi connectivity index (χ3v) is 8.47. The number of hydrogen-bond acceptors (Lipinski definition) is 6. The molecule has 0 bridgehead atoms. The van der Waals surface area contributed by atoms with E-state index >= 15 is 0 Å². The standard InChI is InChI=1S/C36H47NO5/c1-27-31(38-24-28-16-9-6-10-17-28)32(39-25-29-18-11-7-12-19-29)33(40-26-30-20-13-8-14-21-30)34(41-27)42-37-35(2,3)22-15-23-36(37,4)5/h6-14,16-21,27,31-34H,15,22-26H2,1-5H3/t27-,31+,32+,33-,34-/m1/s1. The zero-order chi connectivity index (χ0) is 29.6. The predicted octanol–water partition coefficient (Wildman–Crippen LogP) is 7.46. The second-order valence-electron chi connectivity index (χ2n) is 12.9. The first kappa shape index (κ1) is 30.9. The molecule has 5 atom stereocenters. The van der Waals surface area contributed by atoms with E-state index in [4.69, 9.17) is 23.8 Å². The number of rotatable bonds is 11. The summed E-state index contributed by atoms with van der Waals surface area (Å²) >= 11 is 0. The van der Waals surface area contributed by atoms with Crippen molar-refractivity contribution in [3.05, 3.63) is 108 Å². The molecule has 226 valence electrons. The molecule has 0 saturated carbocycles. The minimum atomic E-state index is -0.669. The molecular weight excluding hydrogens is 526 g/mol. The Bertz CT molecular complexity index is 1200. The molecule has 0 spiro atoms. The van der Waals surface area contributed by atoms with Gasteiger partial charge in [0.25, 0.3) is 0 Å². The van der Waals surface area contributed by atoms with E-state index in [1.165, 1.54) is 0 Å². The summed E-state index contributed by atoms with van der Waals surface area (Å²) in [7, 11) is 0. The SMILES string of the molecule is C[C@H]1O[C@H](ON2C(C)(C)CCCC2(C)C)[C@H](OCc2ccccc2)[C@@H](OCc2ccccc2)[C@H]1OCc1ccccc1. The number of ether oxygens (including phenoxy) is 4. The normalized spacial score (nSPS) is 27.5. The number of nitrogens with zero attached hydrogens (tertiary/aromatic N) is 1. The lowest BCUT2D eigenvalue weighted by Gasteiger charge is -2.54. The van der Waals surface area contributed by atoms with Crippen molar-refractivity contribution in [1.82, 2.24) is 5.06 Å². The summed E-state index contributed by atoms with van der Waals surface area (Å²) in [4.78, 5) is 6.88. The third-order valence-electron chi connectivity index (χ3n) is 8.47. The highest BCUT2D eigenvalue weighted by Crippen LogP contribution is 2.41. The summed E-state index contributed by atoms with van der Waals surface area (Å²) in [6.07, 6.45) is 0.979. The molecule has 6 heteroatoms. The summed E-state index contributed by atoms with van der Waals surface area (Å²) in [5.41, 5.74) is 2.97. The predicted molar refractivity (Wildman–Crippen MR) is 164 cm³/mol. The molecule has 0 aromatic heterocycles. The topological polar surface area (TPSA) is 49.4 Å². The first-order valence-corrected chi connectivity index (χ1v) is 15.3. The molecule has 42 heavy (non-hydrogen) atoms. The number of hydrogen-bond donors (Lipinski definition) is 0. The summed E-state index contributed by atoms with van der Waals surface area (Å²) in [5, 5.41) is 2.15. The number of benzene rings is 3. The maximum atomic E-state index is 6.88. The average Bonchev–Trinajstić information content (AvgIpc) is 2.98. The van der Waals surface area contributed by atoms with Crippen LogP contribution in [0.4, 0.5) is 0 Å². The van der Waals surface area contributed by atoms with Crippen LogP contribution in [-0.2, 0) is 43.6 Å². The lowest BCUT2D eigenvalue weighted by atomic mass is 9.82. The molecule has 2 heterocycles. The van der Waals surface area contributed by atoms with Crippen molar-refractivity contribution in [1.29, 1.82) is 0 Å². The first-order valence-electron chi connectivity index (χ1n) is 15.3. The van der Waals surface area contributed by atoms with E-state index in [0.717, 1.165) is 36.0 Å². The smallest absolute Gasteiger partial charge is 0.206 e. The molecule has 3 aromatic rings. The Hall–Kier alpha value is -2.58. The fourth-order valence-corrected chi connectivity index (χ4v) is 6.32. The zero-order valence-corrected chi connectivity index (χ0v) is 25.8. The molecular formula is C36H47NO5. The van der Waals surface area contributed by atoms with Crippen molar-refractivity contribution in [3.8, 4) is 0 Å². The van der Waals surface area contributed by atoms with Crippen LogP contribution in [0.25, 0.3) is 0 Å². The average molecular weight is 574 g/mol. The van der Waals surface area contributed by atoms with Gasteiger partial charge in [0.15, 0.2) is 0 Å². The first-order chi connectivity index (χ1) is 20.2. The monoisotopic (exact) mass is 573 g/mol. The maximum Gasteiger partial charge on any atom is 0.206 e. The van der Waals surface area contributed by atoms with Crippen LogP contribution in [0, 0.1) is 0 Å². The van der Waals surface area contributed by atoms with Crippen LogP contribution in [0.1, 0.15) is 70.6 Å². The second kappa shape index (κ2) is 13.8. The fraction of sp³-hybridized carbons (Fsp3) is 0.500. The number of hydroxylamine groups is 2. The third kappa shape index (κ3) is 7.67. The Kier molecular flexibility index (Phi) is 10.1. The van der Waals surface area contributed by atoms with Crippen molar-refractivity contribution in [2.45, 2.75) is 115 Å². The highest BCUT2D eigenvalue weighted by Gasteiger charge is 2.51. The lowest BCUT2D eigenvalue weighted by Crippen LogP contribution is -2.65. The zero-order valence-electron chi connectivity index (χ0n) is 25.8. The van der Waals surface area contributed by atoms with Crippen LogP contribution in [0.15, 0.2) is 91.0 Å². The Morgan fingerprint density at radius 3 is 1.48 bits per heavy atom. The minimum absolute atomic E-state index is 0.153. The van der Waals surface area contributed by atoms with Gasteiger partial charge in [-0.1, -0.05) is 91.0 Å². The van der Waals surface area contributed by atoms with Gasteiger partial charge in [0.1, 0.15) is 18.3 Å². The fourth-order valence-electron chi connectivity index (χ4n) is 6.32. The highest BCUT2D eigenvalue weighted by atomic mass is 16.8. The van der Waals surface area contributed by atoms with E-state index in [0.29, 0.717) is 19.8 Å². The van der Waals surface area contributed by atoms with Crippen LogP contribution in [0.5, 0.6) is 0 Å². The Balaban J connectivity index is 1.45. The molecule has 2 saturated heterocycles. The van der Waals surface area contributed by atoms with Crippen molar-refractivity contribution in [3.63, 3.8) is 0 Å². The van der Waals surface area contributed by atoms with Gasteiger partial charge in [-0.2, -0.15) is 5.06 Å². The molecule has 0 amide bonds. The molecule has 0 radical (unpaired) electrons. The maximum absolute atomic E-state index is 6.88. The van der Waals surface area contributed by atoms with Crippen LogP contribution in [0.2, 0.25) is 0 Å². The molecule has 2 fully saturated rings. The van der Waals surface area contributed by atoms with Gasteiger partial charge in [-0.05, 0) is 70.6 Å². The van der Waals surface area contributed by atoms with E-state index < -0.39 is 18.5 Å². The van der Waals surface area contributed by atoms with Crippen LogP contribution in [0.3, 0.4) is 0 Å². The molecule has 0 unspecified atom stereocenters. The van der Waals surface area contributed by atoms with Gasteiger partial charge in [0.05, 0.1) is 25.9 Å². The van der Waals surface area contributed by atoms with Gasteiger partial charge >= 0.3 is 0 Å². The van der Waals surface area contributed by atoms with Crippen molar-refractivity contribution >= 4 is 0 Å². The summed E-state index contributed by atoms with van der Waals surface area (Å²) in [5.74, 6) is 0. The van der Waals surface area contributed by atoms with E-state index in [9.17, 15) is 0 Å². The molecule has 0 aliphatic carbocycles. The van der Waals surface area contributed by atoms with E-state index in [1.54, 1.807) is 0 Å². The number of piperidine rings is 1. The van der Waals surface area contributed by atoms with Crippen LogP contribution >= 0.6 is 0 Å². The van der Waals surface area contributed by atoms with Crippen LogP contribution < -0.4 is 0 Å².